The summed E-state index contributed by atoms with van der Waals surface area (Å²) in [6, 6.07) is 3.92. The predicted molar refractivity (Wildman–Crippen MR) is 75.2 cm³/mol. The van der Waals surface area contributed by atoms with Crippen molar-refractivity contribution < 1.29 is 4.79 Å². The van der Waals surface area contributed by atoms with Gasteiger partial charge in [0.05, 0.1) is 6.04 Å². The zero-order valence-corrected chi connectivity index (χ0v) is 11.8. The highest BCUT2D eigenvalue weighted by Gasteiger charge is 2.23. The van der Waals surface area contributed by atoms with Crippen LogP contribution in [0.1, 0.15) is 42.0 Å². The van der Waals surface area contributed by atoms with Gasteiger partial charge in [-0.25, -0.2) is 0 Å². The molecule has 0 aliphatic carbocycles. The zero-order chi connectivity index (χ0) is 13.1. The van der Waals surface area contributed by atoms with Crippen LogP contribution in [0.3, 0.4) is 0 Å². The molecule has 2 rings (SSSR count). The van der Waals surface area contributed by atoms with Crippen LogP contribution < -0.4 is 0 Å². The summed E-state index contributed by atoms with van der Waals surface area (Å²) in [4.78, 5) is 13.8. The normalized spacial score (nSPS) is 18.6. The monoisotopic (exact) mass is 265 g/mol. The van der Waals surface area contributed by atoms with Gasteiger partial charge in [-0.2, -0.15) is 0 Å². The molecule has 1 atom stereocenters. The van der Waals surface area contributed by atoms with Gasteiger partial charge >= 0.3 is 0 Å². The molecule has 1 heterocycles. The Morgan fingerprint density at radius 2 is 1.83 bits per heavy atom. The SMILES string of the molecule is Cc1cc(C(C=O)N2CCCCC2)c(C)cc1Cl. The number of carbonyl (C=O) groups excluding carboxylic acids is 1. The quantitative estimate of drug-likeness (QED) is 0.777. The van der Waals surface area contributed by atoms with E-state index in [-0.39, 0.29) is 6.04 Å². The Kier molecular flexibility index (Phi) is 4.41. The molecule has 0 radical (unpaired) electrons. The number of nitrogens with zero attached hydrogens (tertiary/aromatic N) is 1. The number of halogens is 1. The minimum Gasteiger partial charge on any atom is -0.301 e. The van der Waals surface area contributed by atoms with Crippen LogP contribution in [0.15, 0.2) is 12.1 Å². The predicted octanol–water partition coefficient (Wildman–Crippen LogP) is 3.68. The van der Waals surface area contributed by atoms with E-state index < -0.39 is 0 Å². The van der Waals surface area contributed by atoms with Gasteiger partial charge in [-0.1, -0.05) is 24.1 Å². The number of aldehydes is 1. The summed E-state index contributed by atoms with van der Waals surface area (Å²) >= 11 is 6.12. The second-order valence-electron chi connectivity index (χ2n) is 5.14. The summed E-state index contributed by atoms with van der Waals surface area (Å²) in [5, 5.41) is 0.777. The van der Waals surface area contributed by atoms with Crippen molar-refractivity contribution in [1.82, 2.24) is 4.90 Å². The van der Waals surface area contributed by atoms with Crippen molar-refractivity contribution in [2.75, 3.05) is 13.1 Å². The maximum Gasteiger partial charge on any atom is 0.141 e. The Labute approximate surface area is 114 Å². The lowest BCUT2D eigenvalue weighted by molar-refractivity contribution is -0.113. The second-order valence-corrected chi connectivity index (χ2v) is 5.54. The topological polar surface area (TPSA) is 20.3 Å². The number of likely N-dealkylation sites (tertiary alicyclic amines) is 1. The fourth-order valence-corrected chi connectivity index (χ4v) is 2.89. The molecule has 0 saturated carbocycles. The third kappa shape index (κ3) is 2.76. The van der Waals surface area contributed by atoms with Crippen molar-refractivity contribution in [3.8, 4) is 0 Å². The number of piperidine rings is 1. The van der Waals surface area contributed by atoms with Crippen LogP contribution in [0, 0.1) is 13.8 Å². The molecule has 18 heavy (non-hydrogen) atoms. The van der Waals surface area contributed by atoms with Gasteiger partial charge in [0.1, 0.15) is 6.29 Å². The van der Waals surface area contributed by atoms with Crippen LogP contribution in [-0.2, 0) is 4.79 Å². The summed E-state index contributed by atoms with van der Waals surface area (Å²) in [7, 11) is 0. The average molecular weight is 266 g/mol. The summed E-state index contributed by atoms with van der Waals surface area (Å²) in [5.74, 6) is 0. The first kappa shape index (κ1) is 13.6. The van der Waals surface area contributed by atoms with Crippen LogP contribution >= 0.6 is 11.6 Å². The molecule has 1 aromatic rings. The minimum atomic E-state index is -0.110. The fraction of sp³-hybridized carbons (Fsp3) is 0.533. The van der Waals surface area contributed by atoms with Crippen LogP contribution in [-0.4, -0.2) is 24.3 Å². The van der Waals surface area contributed by atoms with Crippen molar-refractivity contribution >= 4 is 17.9 Å². The Morgan fingerprint density at radius 1 is 1.17 bits per heavy atom. The molecule has 2 nitrogen and oxygen atoms in total. The number of benzene rings is 1. The van der Waals surface area contributed by atoms with E-state index in [1.807, 2.05) is 19.9 Å². The number of hydrogen-bond donors (Lipinski definition) is 0. The van der Waals surface area contributed by atoms with Gasteiger partial charge < -0.3 is 4.79 Å². The van der Waals surface area contributed by atoms with Crippen LogP contribution in [0.4, 0.5) is 0 Å². The molecule has 1 aromatic carbocycles. The average Bonchev–Trinajstić information content (AvgIpc) is 2.38. The van der Waals surface area contributed by atoms with Gasteiger partial charge in [0.25, 0.3) is 0 Å². The maximum atomic E-state index is 11.5. The Morgan fingerprint density at radius 3 is 2.44 bits per heavy atom. The molecule has 1 aliphatic rings. The molecule has 1 saturated heterocycles. The van der Waals surface area contributed by atoms with Gasteiger partial charge in [0.2, 0.25) is 0 Å². The molecule has 0 bridgehead atoms. The third-order valence-corrected chi connectivity index (χ3v) is 4.19. The first-order valence-corrected chi connectivity index (χ1v) is 6.97. The summed E-state index contributed by atoms with van der Waals surface area (Å²) < 4.78 is 0. The molecule has 0 aromatic heterocycles. The molecule has 0 N–H and O–H groups in total. The lowest BCUT2D eigenvalue weighted by Crippen LogP contribution is -2.34. The molecule has 0 spiro atoms. The minimum absolute atomic E-state index is 0.110. The molecule has 1 fully saturated rings. The molecule has 1 unspecified atom stereocenters. The van der Waals surface area contributed by atoms with E-state index in [1.165, 1.54) is 19.3 Å². The number of rotatable bonds is 3. The second kappa shape index (κ2) is 5.85. The van der Waals surface area contributed by atoms with Crippen LogP contribution in [0.2, 0.25) is 5.02 Å². The van der Waals surface area contributed by atoms with E-state index in [2.05, 4.69) is 11.0 Å². The van der Waals surface area contributed by atoms with E-state index in [0.29, 0.717) is 0 Å². The van der Waals surface area contributed by atoms with Crippen LogP contribution in [0.25, 0.3) is 0 Å². The standard InChI is InChI=1S/C15H20ClNO/c1-11-9-14(16)12(2)8-13(11)15(10-18)17-6-4-3-5-7-17/h8-10,15H,3-7H2,1-2H3. The molecular weight excluding hydrogens is 246 g/mol. The first-order chi connectivity index (χ1) is 8.63. The van der Waals surface area contributed by atoms with Gasteiger partial charge in [-0.15, -0.1) is 0 Å². The highest BCUT2D eigenvalue weighted by molar-refractivity contribution is 6.31. The van der Waals surface area contributed by atoms with E-state index in [9.17, 15) is 4.79 Å². The van der Waals surface area contributed by atoms with E-state index in [4.69, 9.17) is 11.6 Å². The van der Waals surface area contributed by atoms with Crippen molar-refractivity contribution in [3.63, 3.8) is 0 Å². The largest absolute Gasteiger partial charge is 0.301 e. The zero-order valence-electron chi connectivity index (χ0n) is 11.1. The molecule has 1 aliphatic heterocycles. The van der Waals surface area contributed by atoms with Crippen molar-refractivity contribution in [3.05, 3.63) is 33.8 Å². The van der Waals surface area contributed by atoms with Gasteiger partial charge in [-0.3, -0.25) is 4.90 Å². The maximum absolute atomic E-state index is 11.5. The van der Waals surface area contributed by atoms with E-state index >= 15 is 0 Å². The molecule has 0 amide bonds. The Balaban J connectivity index is 2.31. The lowest BCUT2D eigenvalue weighted by Gasteiger charge is -2.32. The molecular formula is C15H20ClNO. The fourth-order valence-electron chi connectivity index (χ4n) is 2.67. The highest BCUT2D eigenvalue weighted by Crippen LogP contribution is 2.29. The molecule has 3 heteroatoms. The lowest BCUT2D eigenvalue weighted by atomic mass is 9.97. The van der Waals surface area contributed by atoms with Crippen LogP contribution in [0.5, 0.6) is 0 Å². The third-order valence-electron chi connectivity index (χ3n) is 3.78. The smallest absolute Gasteiger partial charge is 0.141 e. The summed E-state index contributed by atoms with van der Waals surface area (Å²) in [6.07, 6.45) is 4.73. The van der Waals surface area contributed by atoms with Gasteiger partial charge in [-0.05, 0) is 62.5 Å². The number of carbonyl (C=O) groups is 1. The van der Waals surface area contributed by atoms with Crippen molar-refractivity contribution in [1.29, 1.82) is 0 Å². The highest BCUT2D eigenvalue weighted by atomic mass is 35.5. The number of aryl methyl sites for hydroxylation is 2. The van der Waals surface area contributed by atoms with Gasteiger partial charge in [0, 0.05) is 5.02 Å². The summed E-state index contributed by atoms with van der Waals surface area (Å²) in [6.45, 7) is 6.06. The Hall–Kier alpha value is -0.860. The van der Waals surface area contributed by atoms with E-state index in [0.717, 1.165) is 41.1 Å². The van der Waals surface area contributed by atoms with Gasteiger partial charge in [0.15, 0.2) is 0 Å². The van der Waals surface area contributed by atoms with Crippen molar-refractivity contribution in [2.45, 2.75) is 39.2 Å². The van der Waals surface area contributed by atoms with Crippen molar-refractivity contribution in [2.24, 2.45) is 0 Å². The summed E-state index contributed by atoms with van der Waals surface area (Å²) in [5.41, 5.74) is 3.25. The molecule has 98 valence electrons. The Bertz CT molecular complexity index is 438. The van der Waals surface area contributed by atoms with E-state index in [1.54, 1.807) is 0 Å². The number of hydrogen-bond acceptors (Lipinski definition) is 2. The first-order valence-electron chi connectivity index (χ1n) is 6.59.